The molecule has 2 heterocycles. The van der Waals surface area contributed by atoms with Gasteiger partial charge in [-0.3, -0.25) is 14.5 Å². The molecule has 2 aliphatic heterocycles. The summed E-state index contributed by atoms with van der Waals surface area (Å²) in [5.41, 5.74) is 1.94. The molecule has 36 heavy (non-hydrogen) atoms. The maximum absolute atomic E-state index is 13.4. The minimum atomic E-state index is -0.809. The highest BCUT2D eigenvalue weighted by molar-refractivity contribution is 5.79. The lowest BCUT2D eigenvalue weighted by Crippen LogP contribution is -2.46. The molecule has 3 atom stereocenters. The Kier molecular flexibility index (Phi) is 9.97. The molecule has 1 aromatic rings. The van der Waals surface area contributed by atoms with Gasteiger partial charge in [-0.1, -0.05) is 51.5 Å². The van der Waals surface area contributed by atoms with Crippen LogP contribution in [0.25, 0.3) is 0 Å². The Morgan fingerprint density at radius 3 is 2.67 bits per heavy atom. The number of carboxylic acids is 1. The van der Waals surface area contributed by atoms with Crippen LogP contribution < -0.4 is 4.74 Å². The lowest BCUT2D eigenvalue weighted by molar-refractivity contribution is -0.144. The highest BCUT2D eigenvalue weighted by Gasteiger charge is 2.48. The summed E-state index contributed by atoms with van der Waals surface area (Å²) < 4.78 is 5.67. The zero-order chi connectivity index (χ0) is 26.3. The number of carbonyl (C=O) groups excluding carboxylic acids is 1. The standard InChI is InChI=1S/C29H44N2O5/c1-5-7-13-30(14-8-15-32)26(33)20-31-19-23(21-9-10-25-22(17-21)11-16-36-25)27(28(34)35)24(31)18-29(3,4)12-6-2/h6,9-10,12,17,23-24,27,32H,5,7-8,11,13-16,18-20H2,1-4H3,(H,34,35)/b12-6+/t23-,24+,27-/m1/s1. The molecule has 0 saturated carbocycles. The molecule has 2 N–H and O–H groups in total. The van der Waals surface area contributed by atoms with Gasteiger partial charge in [-0.15, -0.1) is 0 Å². The van der Waals surface area contributed by atoms with Gasteiger partial charge in [-0.05, 0) is 48.8 Å². The van der Waals surface area contributed by atoms with Crippen molar-refractivity contribution in [3.8, 4) is 5.75 Å². The van der Waals surface area contributed by atoms with Crippen molar-refractivity contribution in [1.82, 2.24) is 9.80 Å². The van der Waals surface area contributed by atoms with E-state index < -0.39 is 11.9 Å². The van der Waals surface area contributed by atoms with Crippen LogP contribution in [0.4, 0.5) is 0 Å². The maximum Gasteiger partial charge on any atom is 0.308 e. The largest absolute Gasteiger partial charge is 0.493 e. The lowest BCUT2D eigenvalue weighted by atomic mass is 9.77. The quantitative estimate of drug-likeness (QED) is 0.397. The van der Waals surface area contributed by atoms with E-state index in [0.717, 1.165) is 36.1 Å². The van der Waals surface area contributed by atoms with Gasteiger partial charge in [0.05, 0.1) is 19.1 Å². The number of ether oxygens (including phenoxy) is 1. The van der Waals surface area contributed by atoms with Crippen molar-refractivity contribution in [2.75, 3.05) is 39.4 Å². The third-order valence-corrected chi connectivity index (χ3v) is 7.59. The van der Waals surface area contributed by atoms with E-state index in [2.05, 4.69) is 37.8 Å². The Balaban J connectivity index is 1.91. The molecule has 0 unspecified atom stereocenters. The van der Waals surface area contributed by atoms with Crippen LogP contribution in [0.5, 0.6) is 5.75 Å². The van der Waals surface area contributed by atoms with E-state index in [-0.39, 0.29) is 36.4 Å². The second kappa shape index (κ2) is 12.7. The molecule has 3 rings (SSSR count). The summed E-state index contributed by atoms with van der Waals surface area (Å²) >= 11 is 0. The van der Waals surface area contributed by atoms with E-state index in [9.17, 15) is 19.8 Å². The number of amides is 1. The molecule has 200 valence electrons. The Labute approximate surface area is 216 Å². The predicted octanol–water partition coefficient (Wildman–Crippen LogP) is 4.09. The lowest BCUT2D eigenvalue weighted by Gasteiger charge is -2.34. The molecule has 1 amide bonds. The number of rotatable bonds is 13. The Morgan fingerprint density at radius 1 is 1.25 bits per heavy atom. The van der Waals surface area contributed by atoms with Gasteiger partial charge in [0.15, 0.2) is 0 Å². The van der Waals surface area contributed by atoms with E-state index in [0.29, 0.717) is 39.1 Å². The first-order chi connectivity index (χ1) is 17.2. The fourth-order valence-electron chi connectivity index (χ4n) is 5.83. The van der Waals surface area contributed by atoms with E-state index in [4.69, 9.17) is 4.74 Å². The van der Waals surface area contributed by atoms with Crippen molar-refractivity contribution in [2.24, 2.45) is 11.3 Å². The molecule has 0 aliphatic carbocycles. The molecule has 0 aromatic heterocycles. The summed E-state index contributed by atoms with van der Waals surface area (Å²) in [7, 11) is 0. The molecule has 1 aromatic carbocycles. The predicted molar refractivity (Wildman–Crippen MR) is 141 cm³/mol. The monoisotopic (exact) mass is 500 g/mol. The van der Waals surface area contributed by atoms with Gasteiger partial charge < -0.3 is 19.8 Å². The van der Waals surface area contributed by atoms with Crippen LogP contribution in [0.3, 0.4) is 0 Å². The minimum absolute atomic E-state index is 0.0119. The van der Waals surface area contributed by atoms with Gasteiger partial charge >= 0.3 is 5.97 Å². The zero-order valence-electron chi connectivity index (χ0n) is 22.4. The first kappa shape index (κ1) is 28.2. The summed E-state index contributed by atoms with van der Waals surface area (Å²) in [6.45, 7) is 10.9. The summed E-state index contributed by atoms with van der Waals surface area (Å²) in [5.74, 6) is -0.718. The first-order valence-electron chi connectivity index (χ1n) is 13.5. The number of fused-ring (bicyclic) bond motifs is 1. The first-order valence-corrected chi connectivity index (χ1v) is 13.5. The SMILES string of the molecule is C/C=C/C(C)(C)C[C@H]1[C@H](C(=O)O)[C@@H](c2ccc3c(c2)CCO3)CN1CC(=O)N(CCCC)CCCO. The van der Waals surface area contributed by atoms with Gasteiger partial charge in [0, 0.05) is 44.6 Å². The van der Waals surface area contributed by atoms with Crippen molar-refractivity contribution >= 4 is 11.9 Å². The van der Waals surface area contributed by atoms with E-state index in [1.165, 1.54) is 0 Å². The summed E-state index contributed by atoms with van der Waals surface area (Å²) in [6.07, 6.45) is 8.07. The fourth-order valence-corrected chi connectivity index (χ4v) is 5.83. The number of carboxylic acid groups (broad SMARTS) is 1. The second-order valence-corrected chi connectivity index (χ2v) is 10.9. The van der Waals surface area contributed by atoms with Crippen molar-refractivity contribution in [2.45, 2.75) is 71.8 Å². The number of hydrogen-bond donors (Lipinski definition) is 2. The van der Waals surface area contributed by atoms with Crippen molar-refractivity contribution in [3.63, 3.8) is 0 Å². The molecule has 0 spiro atoms. The zero-order valence-corrected chi connectivity index (χ0v) is 22.4. The van der Waals surface area contributed by atoms with Crippen molar-refractivity contribution < 1.29 is 24.5 Å². The third kappa shape index (κ3) is 6.88. The van der Waals surface area contributed by atoms with E-state index in [1.54, 1.807) is 0 Å². The number of aliphatic carboxylic acids is 1. The van der Waals surface area contributed by atoms with Gasteiger partial charge in [0.1, 0.15) is 5.75 Å². The number of carbonyl (C=O) groups is 2. The average molecular weight is 501 g/mol. The minimum Gasteiger partial charge on any atom is -0.493 e. The van der Waals surface area contributed by atoms with Crippen molar-refractivity contribution in [1.29, 1.82) is 0 Å². The molecule has 7 heteroatoms. The summed E-state index contributed by atoms with van der Waals surface area (Å²) in [4.78, 5) is 30.1. The molecular formula is C29H44N2O5. The van der Waals surface area contributed by atoms with Gasteiger partial charge in [0.2, 0.25) is 5.91 Å². The van der Waals surface area contributed by atoms with Crippen LogP contribution in [0.15, 0.2) is 30.4 Å². The number of aliphatic hydroxyl groups is 1. The molecular weight excluding hydrogens is 456 g/mol. The highest BCUT2D eigenvalue weighted by atomic mass is 16.5. The molecule has 1 saturated heterocycles. The molecule has 7 nitrogen and oxygen atoms in total. The topological polar surface area (TPSA) is 90.3 Å². The van der Waals surface area contributed by atoms with Crippen LogP contribution in [0.1, 0.15) is 70.4 Å². The molecule has 2 aliphatic rings. The molecule has 0 radical (unpaired) electrons. The number of benzene rings is 1. The fraction of sp³-hybridized carbons (Fsp3) is 0.655. The van der Waals surface area contributed by atoms with E-state index in [1.807, 2.05) is 30.0 Å². The van der Waals surface area contributed by atoms with Gasteiger partial charge in [0.25, 0.3) is 0 Å². The Bertz CT molecular complexity index is 920. The third-order valence-electron chi connectivity index (χ3n) is 7.59. The number of nitrogens with zero attached hydrogens (tertiary/aromatic N) is 2. The van der Waals surface area contributed by atoms with Crippen LogP contribution in [-0.4, -0.2) is 77.3 Å². The van der Waals surface area contributed by atoms with E-state index >= 15 is 0 Å². The maximum atomic E-state index is 13.4. The number of aliphatic hydroxyl groups excluding tert-OH is 1. The molecule has 0 bridgehead atoms. The summed E-state index contributed by atoms with van der Waals surface area (Å²) in [6, 6.07) is 5.80. The van der Waals surface area contributed by atoms with Crippen LogP contribution in [0, 0.1) is 11.3 Å². The average Bonchev–Trinajstić information content (AvgIpc) is 3.43. The number of likely N-dealkylation sites (tertiary alicyclic amines) is 1. The summed E-state index contributed by atoms with van der Waals surface area (Å²) in [5, 5.41) is 19.8. The van der Waals surface area contributed by atoms with Crippen molar-refractivity contribution in [3.05, 3.63) is 41.5 Å². The highest BCUT2D eigenvalue weighted by Crippen LogP contribution is 2.43. The number of allylic oxidation sites excluding steroid dienone is 2. The Hall–Kier alpha value is -2.38. The van der Waals surface area contributed by atoms with Gasteiger partial charge in [-0.2, -0.15) is 0 Å². The number of unbranched alkanes of at least 4 members (excludes halogenated alkanes) is 1. The smallest absolute Gasteiger partial charge is 0.308 e. The Morgan fingerprint density at radius 2 is 2.00 bits per heavy atom. The van der Waals surface area contributed by atoms with Gasteiger partial charge in [-0.25, -0.2) is 0 Å². The second-order valence-electron chi connectivity index (χ2n) is 10.9. The normalized spacial score (nSPS) is 22.1. The van der Waals surface area contributed by atoms with Crippen LogP contribution in [-0.2, 0) is 16.0 Å². The number of hydrogen-bond acceptors (Lipinski definition) is 5. The molecule has 1 fully saturated rings. The van der Waals surface area contributed by atoms with Crippen LogP contribution >= 0.6 is 0 Å². The van der Waals surface area contributed by atoms with Crippen LogP contribution in [0.2, 0.25) is 0 Å².